The van der Waals surface area contributed by atoms with Crippen molar-refractivity contribution in [3.63, 3.8) is 0 Å². The lowest BCUT2D eigenvalue weighted by atomic mass is 10.2. The van der Waals surface area contributed by atoms with Crippen molar-refractivity contribution in [1.29, 1.82) is 0 Å². The number of carbonyl (C=O) groups excluding carboxylic acids is 1. The van der Waals surface area contributed by atoms with Gasteiger partial charge in [0.2, 0.25) is 5.91 Å². The van der Waals surface area contributed by atoms with Crippen LogP contribution in [0.1, 0.15) is 5.56 Å². The summed E-state index contributed by atoms with van der Waals surface area (Å²) in [6, 6.07) is 5.92. The Bertz CT molecular complexity index is 341. The van der Waals surface area contributed by atoms with Gasteiger partial charge < -0.3 is 5.32 Å². The number of nitrogens with one attached hydrogen (secondary N) is 1. The van der Waals surface area contributed by atoms with Crippen LogP contribution < -0.4 is 5.32 Å². The number of aryl methyl sites for hydroxylation is 1. The van der Waals surface area contributed by atoms with Gasteiger partial charge in [-0.2, -0.15) is 11.8 Å². The third-order valence-corrected chi connectivity index (χ3v) is 3.44. The van der Waals surface area contributed by atoms with Gasteiger partial charge in [0.25, 0.3) is 0 Å². The summed E-state index contributed by atoms with van der Waals surface area (Å²) in [6.07, 6.45) is 1.92. The predicted octanol–water partition coefficient (Wildman–Crippen LogP) is 2.90. The number of rotatable bonds is 3. The molecule has 1 aromatic carbocycles. The van der Waals surface area contributed by atoms with E-state index in [4.69, 9.17) is 0 Å². The normalized spacial score (nSPS) is 9.93. The van der Waals surface area contributed by atoms with E-state index in [2.05, 4.69) is 34.8 Å². The lowest BCUT2D eigenvalue weighted by Crippen LogP contribution is -2.13. The average molecular weight is 321 g/mol. The van der Waals surface area contributed by atoms with Crippen molar-refractivity contribution in [2.75, 3.05) is 17.3 Å². The standard InChI is InChI=1S/C10H12INOS/c1-7-3-4-8(5-9(7)11)12-10(13)6-14-2/h3-5H,6H2,1-2H3,(H,12,13). The first-order chi connectivity index (χ1) is 6.63. The fourth-order valence-corrected chi connectivity index (χ4v) is 1.85. The SMILES string of the molecule is CSCC(=O)Nc1ccc(C)c(I)c1. The van der Waals surface area contributed by atoms with E-state index in [1.807, 2.05) is 24.5 Å². The first-order valence-corrected chi connectivity index (χ1v) is 6.65. The molecule has 0 atom stereocenters. The van der Waals surface area contributed by atoms with Gasteiger partial charge in [-0.3, -0.25) is 4.79 Å². The van der Waals surface area contributed by atoms with Crippen LogP contribution in [0.2, 0.25) is 0 Å². The molecule has 0 fully saturated rings. The molecule has 0 heterocycles. The van der Waals surface area contributed by atoms with Gasteiger partial charge in [0.05, 0.1) is 5.75 Å². The molecule has 4 heteroatoms. The molecule has 2 nitrogen and oxygen atoms in total. The van der Waals surface area contributed by atoms with Crippen LogP contribution in [0, 0.1) is 10.5 Å². The topological polar surface area (TPSA) is 29.1 Å². The summed E-state index contributed by atoms with van der Waals surface area (Å²) in [6.45, 7) is 2.05. The molecule has 14 heavy (non-hydrogen) atoms. The number of hydrogen-bond acceptors (Lipinski definition) is 2. The average Bonchev–Trinajstić information content (AvgIpc) is 2.12. The van der Waals surface area contributed by atoms with Crippen molar-refractivity contribution < 1.29 is 4.79 Å². The smallest absolute Gasteiger partial charge is 0.234 e. The van der Waals surface area contributed by atoms with Crippen molar-refractivity contribution >= 4 is 45.9 Å². The van der Waals surface area contributed by atoms with Crippen LogP contribution in [0.3, 0.4) is 0 Å². The van der Waals surface area contributed by atoms with Crippen LogP contribution in [0.4, 0.5) is 5.69 Å². The second kappa shape index (κ2) is 5.60. The Hall–Kier alpha value is -0.230. The zero-order chi connectivity index (χ0) is 10.6. The van der Waals surface area contributed by atoms with E-state index in [-0.39, 0.29) is 5.91 Å². The quantitative estimate of drug-likeness (QED) is 0.868. The number of hydrogen-bond donors (Lipinski definition) is 1. The first-order valence-electron chi connectivity index (χ1n) is 4.18. The Morgan fingerprint density at radius 2 is 2.29 bits per heavy atom. The highest BCUT2D eigenvalue weighted by Crippen LogP contribution is 2.17. The highest BCUT2D eigenvalue weighted by atomic mass is 127. The number of benzene rings is 1. The molecular weight excluding hydrogens is 309 g/mol. The van der Waals surface area contributed by atoms with Gasteiger partial charge in [0, 0.05) is 9.26 Å². The Kier molecular flexibility index (Phi) is 4.74. The predicted molar refractivity (Wildman–Crippen MR) is 70.9 cm³/mol. The van der Waals surface area contributed by atoms with Gasteiger partial charge in [0.1, 0.15) is 0 Å². The van der Waals surface area contributed by atoms with E-state index in [0.29, 0.717) is 5.75 Å². The molecule has 0 saturated carbocycles. The molecule has 76 valence electrons. The molecule has 1 N–H and O–H groups in total. The van der Waals surface area contributed by atoms with E-state index in [1.165, 1.54) is 20.9 Å². The second-order valence-corrected chi connectivity index (χ2v) is 4.97. The van der Waals surface area contributed by atoms with Crippen molar-refractivity contribution in [2.24, 2.45) is 0 Å². The maximum absolute atomic E-state index is 11.3. The molecule has 1 amide bonds. The molecule has 1 rings (SSSR count). The summed E-state index contributed by atoms with van der Waals surface area (Å²) in [5, 5.41) is 2.85. The molecule has 0 spiro atoms. The molecule has 0 aliphatic carbocycles. The minimum absolute atomic E-state index is 0.0529. The van der Waals surface area contributed by atoms with Crippen molar-refractivity contribution in [3.05, 3.63) is 27.3 Å². The summed E-state index contributed by atoms with van der Waals surface area (Å²) >= 11 is 3.78. The fraction of sp³-hybridized carbons (Fsp3) is 0.300. The zero-order valence-corrected chi connectivity index (χ0v) is 11.1. The van der Waals surface area contributed by atoms with Crippen LogP contribution in [0.5, 0.6) is 0 Å². The molecule has 0 saturated heterocycles. The third-order valence-electron chi connectivity index (χ3n) is 1.73. The largest absolute Gasteiger partial charge is 0.325 e. The molecule has 0 aromatic heterocycles. The summed E-state index contributed by atoms with van der Waals surface area (Å²) in [5.41, 5.74) is 2.10. The summed E-state index contributed by atoms with van der Waals surface area (Å²) < 4.78 is 1.17. The lowest BCUT2D eigenvalue weighted by Gasteiger charge is -2.05. The summed E-state index contributed by atoms with van der Waals surface area (Å²) in [7, 11) is 0. The number of halogens is 1. The lowest BCUT2D eigenvalue weighted by molar-refractivity contribution is -0.113. The molecular formula is C10H12INOS. The molecule has 1 aromatic rings. The Morgan fingerprint density at radius 1 is 1.57 bits per heavy atom. The van der Waals surface area contributed by atoms with E-state index >= 15 is 0 Å². The van der Waals surface area contributed by atoms with Crippen LogP contribution >= 0.6 is 34.4 Å². The van der Waals surface area contributed by atoms with E-state index in [9.17, 15) is 4.79 Å². The highest BCUT2D eigenvalue weighted by Gasteiger charge is 2.02. The number of thioether (sulfide) groups is 1. The van der Waals surface area contributed by atoms with E-state index in [0.717, 1.165) is 5.69 Å². The van der Waals surface area contributed by atoms with Gasteiger partial charge in [-0.1, -0.05) is 6.07 Å². The maximum atomic E-state index is 11.3. The Labute approximate surface area is 102 Å². The van der Waals surface area contributed by atoms with Crippen LogP contribution in [0.15, 0.2) is 18.2 Å². The molecule has 0 aliphatic rings. The van der Waals surface area contributed by atoms with Crippen molar-refractivity contribution in [1.82, 2.24) is 0 Å². The Balaban J connectivity index is 2.68. The molecule has 0 aliphatic heterocycles. The van der Waals surface area contributed by atoms with Gasteiger partial charge in [-0.25, -0.2) is 0 Å². The Morgan fingerprint density at radius 3 is 2.86 bits per heavy atom. The van der Waals surface area contributed by atoms with Crippen LogP contribution in [0.25, 0.3) is 0 Å². The van der Waals surface area contributed by atoms with Crippen molar-refractivity contribution in [2.45, 2.75) is 6.92 Å². The van der Waals surface area contributed by atoms with Crippen LogP contribution in [-0.4, -0.2) is 17.9 Å². The van der Waals surface area contributed by atoms with Gasteiger partial charge in [-0.15, -0.1) is 0 Å². The minimum Gasteiger partial charge on any atom is -0.325 e. The van der Waals surface area contributed by atoms with Gasteiger partial charge in [-0.05, 0) is 53.5 Å². The zero-order valence-electron chi connectivity index (χ0n) is 8.13. The molecule has 0 unspecified atom stereocenters. The molecule has 0 radical (unpaired) electrons. The molecule has 0 bridgehead atoms. The second-order valence-electron chi connectivity index (χ2n) is 2.95. The third kappa shape index (κ3) is 3.49. The van der Waals surface area contributed by atoms with E-state index < -0.39 is 0 Å². The van der Waals surface area contributed by atoms with Gasteiger partial charge >= 0.3 is 0 Å². The number of anilines is 1. The number of amides is 1. The van der Waals surface area contributed by atoms with Crippen LogP contribution in [-0.2, 0) is 4.79 Å². The summed E-state index contributed by atoms with van der Waals surface area (Å²) in [4.78, 5) is 11.3. The maximum Gasteiger partial charge on any atom is 0.234 e. The first kappa shape index (κ1) is 11.8. The fourth-order valence-electron chi connectivity index (χ4n) is 0.999. The summed E-state index contributed by atoms with van der Waals surface area (Å²) in [5.74, 6) is 0.557. The van der Waals surface area contributed by atoms with Gasteiger partial charge in [0.15, 0.2) is 0 Å². The highest BCUT2D eigenvalue weighted by molar-refractivity contribution is 14.1. The monoisotopic (exact) mass is 321 g/mol. The van der Waals surface area contributed by atoms with Crippen molar-refractivity contribution in [3.8, 4) is 0 Å². The minimum atomic E-state index is 0.0529. The van der Waals surface area contributed by atoms with E-state index in [1.54, 1.807) is 0 Å². The number of carbonyl (C=O) groups is 1.